The SMILES string of the molecule is N#C/C(=C\c1nc(-c2ccccc2)cs1)C(=O)c1c[nH]c2ccccc12. The summed E-state index contributed by atoms with van der Waals surface area (Å²) in [4.78, 5) is 20.4. The van der Waals surface area contributed by atoms with Gasteiger partial charge in [0.05, 0.1) is 5.69 Å². The zero-order valence-electron chi connectivity index (χ0n) is 13.6. The van der Waals surface area contributed by atoms with Crippen molar-refractivity contribution in [3.05, 3.63) is 82.3 Å². The third-order valence-electron chi connectivity index (χ3n) is 4.06. The predicted molar refractivity (Wildman–Crippen MR) is 104 cm³/mol. The molecule has 0 fully saturated rings. The first-order valence-corrected chi connectivity index (χ1v) is 8.88. The number of carbonyl (C=O) groups is 1. The van der Waals surface area contributed by atoms with Gasteiger partial charge in [-0.15, -0.1) is 11.3 Å². The van der Waals surface area contributed by atoms with E-state index in [1.807, 2.05) is 66.0 Å². The highest BCUT2D eigenvalue weighted by Gasteiger charge is 2.17. The molecule has 0 bridgehead atoms. The van der Waals surface area contributed by atoms with E-state index in [-0.39, 0.29) is 11.4 Å². The van der Waals surface area contributed by atoms with E-state index in [2.05, 4.69) is 9.97 Å². The maximum absolute atomic E-state index is 12.8. The quantitative estimate of drug-likeness (QED) is 0.315. The number of thiazole rings is 1. The lowest BCUT2D eigenvalue weighted by molar-refractivity contribution is 0.104. The molecule has 4 nitrogen and oxygen atoms in total. The molecule has 1 N–H and O–H groups in total. The average Bonchev–Trinajstić information content (AvgIpc) is 3.33. The second-order valence-electron chi connectivity index (χ2n) is 5.68. The fourth-order valence-corrected chi connectivity index (χ4v) is 3.53. The molecule has 0 spiro atoms. The van der Waals surface area contributed by atoms with Crippen LogP contribution in [0.5, 0.6) is 0 Å². The molecule has 0 aliphatic heterocycles. The minimum Gasteiger partial charge on any atom is -0.360 e. The monoisotopic (exact) mass is 355 g/mol. The molecule has 2 aromatic carbocycles. The van der Waals surface area contributed by atoms with Gasteiger partial charge in [0.15, 0.2) is 0 Å². The number of benzene rings is 2. The van der Waals surface area contributed by atoms with Crippen LogP contribution in [0.1, 0.15) is 15.4 Å². The molecular formula is C21H13N3OS. The standard InChI is InChI=1S/C21H13N3OS/c22-11-15(21(25)17-12-23-18-9-5-4-8-16(17)18)10-20-24-19(13-26-20)14-6-2-1-3-7-14/h1-10,12-13,23H/b15-10+. The largest absolute Gasteiger partial charge is 0.360 e. The van der Waals surface area contributed by atoms with Gasteiger partial charge in [0.25, 0.3) is 0 Å². The lowest BCUT2D eigenvalue weighted by Gasteiger charge is -1.97. The van der Waals surface area contributed by atoms with Crippen molar-refractivity contribution in [3.63, 3.8) is 0 Å². The summed E-state index contributed by atoms with van der Waals surface area (Å²) in [5.74, 6) is -0.304. The molecular weight excluding hydrogens is 342 g/mol. The number of H-pyrrole nitrogens is 1. The van der Waals surface area contributed by atoms with Gasteiger partial charge >= 0.3 is 0 Å². The number of ketones is 1. The molecule has 4 rings (SSSR count). The fourth-order valence-electron chi connectivity index (χ4n) is 2.77. The van der Waals surface area contributed by atoms with Crippen LogP contribution in [-0.2, 0) is 0 Å². The molecule has 0 atom stereocenters. The molecule has 5 heteroatoms. The van der Waals surface area contributed by atoms with Gasteiger partial charge in [-0.05, 0) is 12.1 Å². The Morgan fingerprint density at radius 1 is 1.12 bits per heavy atom. The molecule has 0 saturated carbocycles. The van der Waals surface area contributed by atoms with E-state index < -0.39 is 0 Å². The van der Waals surface area contributed by atoms with Crippen molar-refractivity contribution in [3.8, 4) is 17.3 Å². The molecule has 0 unspecified atom stereocenters. The van der Waals surface area contributed by atoms with Crippen LogP contribution >= 0.6 is 11.3 Å². The topological polar surface area (TPSA) is 69.5 Å². The van der Waals surface area contributed by atoms with Crippen molar-refractivity contribution in [2.24, 2.45) is 0 Å². The van der Waals surface area contributed by atoms with Crippen molar-refractivity contribution >= 4 is 34.1 Å². The Balaban J connectivity index is 1.68. The maximum Gasteiger partial charge on any atom is 0.205 e. The van der Waals surface area contributed by atoms with Crippen molar-refractivity contribution in [1.29, 1.82) is 5.26 Å². The minimum atomic E-state index is -0.304. The Labute approximate surface area is 154 Å². The van der Waals surface area contributed by atoms with Crippen molar-refractivity contribution in [2.75, 3.05) is 0 Å². The summed E-state index contributed by atoms with van der Waals surface area (Å²) in [5.41, 5.74) is 3.27. The lowest BCUT2D eigenvalue weighted by atomic mass is 10.0. The Hall–Kier alpha value is -3.49. The summed E-state index contributed by atoms with van der Waals surface area (Å²) in [6.07, 6.45) is 3.21. The van der Waals surface area contributed by atoms with E-state index in [0.29, 0.717) is 10.6 Å². The first-order valence-electron chi connectivity index (χ1n) is 8.00. The number of nitriles is 1. The van der Waals surface area contributed by atoms with Gasteiger partial charge in [-0.25, -0.2) is 4.98 Å². The van der Waals surface area contributed by atoms with Crippen LogP contribution in [0.25, 0.3) is 28.2 Å². The number of hydrogen-bond acceptors (Lipinski definition) is 4. The van der Waals surface area contributed by atoms with Crippen LogP contribution in [0.4, 0.5) is 0 Å². The van der Waals surface area contributed by atoms with Gasteiger partial charge in [0.2, 0.25) is 5.78 Å². The summed E-state index contributed by atoms with van der Waals surface area (Å²) in [7, 11) is 0. The van der Waals surface area contributed by atoms with Crippen molar-refractivity contribution in [1.82, 2.24) is 9.97 Å². The fraction of sp³-hybridized carbons (Fsp3) is 0. The van der Waals surface area contributed by atoms with Gasteiger partial charge < -0.3 is 4.98 Å². The smallest absolute Gasteiger partial charge is 0.205 e. The predicted octanol–water partition coefficient (Wildman–Crippen LogP) is 5.08. The third-order valence-corrected chi connectivity index (χ3v) is 4.85. The summed E-state index contributed by atoms with van der Waals surface area (Å²) in [6, 6.07) is 19.4. The van der Waals surface area contributed by atoms with Gasteiger partial charge in [-0.3, -0.25) is 4.79 Å². The number of Topliss-reactive ketones (excluding diaryl/α,β-unsaturated/α-hetero) is 1. The second kappa shape index (κ2) is 6.79. The number of aromatic nitrogens is 2. The molecule has 4 aromatic rings. The summed E-state index contributed by atoms with van der Waals surface area (Å²) >= 11 is 1.41. The van der Waals surface area contributed by atoms with Gasteiger partial charge in [-0.1, -0.05) is 48.5 Å². The highest BCUT2D eigenvalue weighted by Crippen LogP contribution is 2.25. The Morgan fingerprint density at radius 2 is 1.88 bits per heavy atom. The van der Waals surface area contributed by atoms with Crippen LogP contribution in [0, 0.1) is 11.3 Å². The Bertz CT molecular complexity index is 1160. The van der Waals surface area contributed by atoms with E-state index in [4.69, 9.17) is 0 Å². The lowest BCUT2D eigenvalue weighted by Crippen LogP contribution is -2.00. The van der Waals surface area contributed by atoms with Crippen LogP contribution in [0.3, 0.4) is 0 Å². The van der Waals surface area contributed by atoms with Crippen LogP contribution < -0.4 is 0 Å². The average molecular weight is 355 g/mol. The van der Waals surface area contributed by atoms with Gasteiger partial charge in [-0.2, -0.15) is 5.26 Å². The van der Waals surface area contributed by atoms with E-state index in [1.54, 1.807) is 12.3 Å². The van der Waals surface area contributed by atoms with Crippen molar-refractivity contribution in [2.45, 2.75) is 0 Å². The third kappa shape index (κ3) is 2.94. The molecule has 2 heterocycles. The van der Waals surface area contributed by atoms with Crippen molar-refractivity contribution < 1.29 is 4.79 Å². The maximum atomic E-state index is 12.8. The molecule has 0 amide bonds. The Kier molecular flexibility index (Phi) is 4.18. The number of nitrogens with zero attached hydrogens (tertiary/aromatic N) is 2. The summed E-state index contributed by atoms with van der Waals surface area (Å²) in [6.45, 7) is 0. The zero-order valence-corrected chi connectivity index (χ0v) is 14.5. The number of fused-ring (bicyclic) bond motifs is 1. The molecule has 124 valence electrons. The number of hydrogen-bond donors (Lipinski definition) is 1. The van der Waals surface area contributed by atoms with Crippen LogP contribution in [0.2, 0.25) is 0 Å². The number of nitrogens with one attached hydrogen (secondary N) is 1. The zero-order chi connectivity index (χ0) is 17.9. The molecule has 0 aliphatic carbocycles. The normalized spacial score (nSPS) is 11.4. The number of rotatable bonds is 4. The Morgan fingerprint density at radius 3 is 2.69 bits per heavy atom. The first kappa shape index (κ1) is 16.0. The second-order valence-corrected chi connectivity index (χ2v) is 6.57. The molecule has 0 radical (unpaired) electrons. The van der Waals surface area contributed by atoms with E-state index in [0.717, 1.165) is 22.2 Å². The van der Waals surface area contributed by atoms with Gasteiger partial charge in [0.1, 0.15) is 16.6 Å². The van der Waals surface area contributed by atoms with Gasteiger partial charge in [0, 0.05) is 33.6 Å². The first-order chi connectivity index (χ1) is 12.8. The van der Waals surface area contributed by atoms with Crippen LogP contribution in [0.15, 0.2) is 71.7 Å². The van der Waals surface area contributed by atoms with E-state index >= 15 is 0 Å². The number of para-hydroxylation sites is 1. The number of aromatic amines is 1. The van der Waals surface area contributed by atoms with Crippen LogP contribution in [-0.4, -0.2) is 15.8 Å². The molecule has 26 heavy (non-hydrogen) atoms. The summed E-state index contributed by atoms with van der Waals surface area (Å²) in [5, 5.41) is 12.8. The molecule has 0 aliphatic rings. The van der Waals surface area contributed by atoms with E-state index in [9.17, 15) is 10.1 Å². The van der Waals surface area contributed by atoms with E-state index in [1.165, 1.54) is 11.3 Å². The number of allylic oxidation sites excluding steroid dienone is 1. The summed E-state index contributed by atoms with van der Waals surface area (Å²) < 4.78 is 0. The minimum absolute atomic E-state index is 0.0729. The molecule has 2 aromatic heterocycles. The highest BCUT2D eigenvalue weighted by atomic mass is 32.1. The number of carbonyl (C=O) groups excluding carboxylic acids is 1. The molecule has 0 saturated heterocycles. The highest BCUT2D eigenvalue weighted by molar-refractivity contribution is 7.10.